The highest BCUT2D eigenvalue weighted by Gasteiger charge is 2.26. The Morgan fingerprint density at radius 1 is 0.710 bits per heavy atom. The van der Waals surface area contributed by atoms with Crippen LogP contribution in [0.15, 0.2) is 123 Å². The summed E-state index contributed by atoms with van der Waals surface area (Å²) < 4.78 is 120. The van der Waals surface area contributed by atoms with Gasteiger partial charge in [0.2, 0.25) is 0 Å². The molecule has 32 heteroatoms. The lowest BCUT2D eigenvalue weighted by Crippen LogP contribution is -2.14. The molecule has 0 radical (unpaired) electrons. The molecule has 0 bridgehead atoms. The molecule has 0 saturated heterocycles. The van der Waals surface area contributed by atoms with Gasteiger partial charge in [-0.1, -0.05) is 0 Å². The molecule has 0 spiro atoms. The third-order valence-electron chi connectivity index (χ3n) is 9.08. The number of non-ortho nitro benzene ring substituents is 1. The number of nitro benzene ring substituents is 1. The van der Waals surface area contributed by atoms with Crippen LogP contribution in [0.1, 0.15) is 10.5 Å². The number of hydrogen-bond donors (Lipinski definition) is 8. The molecule has 9 N–H and O–H groups in total. The first-order valence-corrected chi connectivity index (χ1v) is 23.0. The number of hydrogen-bond acceptors (Lipinski definition) is 22. The van der Waals surface area contributed by atoms with Crippen LogP contribution in [0.2, 0.25) is 0 Å². The minimum Gasteiger partial charge on any atom is -0.505 e. The van der Waals surface area contributed by atoms with E-state index in [-0.39, 0.29) is 64.0 Å². The third-order valence-corrected chi connectivity index (χ3v) is 11.7. The summed E-state index contributed by atoms with van der Waals surface area (Å²) >= 11 is 0. The van der Waals surface area contributed by atoms with Crippen molar-refractivity contribution < 1.29 is 78.2 Å². The monoisotopic (exact) mass is 1020 g/mol. The first-order valence-electron chi connectivity index (χ1n) is 18.7. The molecule has 69 heavy (non-hydrogen) atoms. The summed E-state index contributed by atoms with van der Waals surface area (Å²) in [5.41, 5.74) is -0.622. The van der Waals surface area contributed by atoms with Crippen LogP contribution in [0.4, 0.5) is 39.8 Å². The summed E-state index contributed by atoms with van der Waals surface area (Å²) in [6.07, 6.45) is 0. The van der Waals surface area contributed by atoms with E-state index >= 15 is 0 Å². The van der Waals surface area contributed by atoms with Gasteiger partial charge in [0, 0.05) is 35.7 Å². The van der Waals surface area contributed by atoms with Gasteiger partial charge in [0.15, 0.2) is 17.1 Å². The summed E-state index contributed by atoms with van der Waals surface area (Å²) in [6.45, 7) is -1.83. The normalized spacial score (nSPS) is 12.4. The molecule has 1 heterocycles. The Labute approximate surface area is 385 Å². The van der Waals surface area contributed by atoms with Crippen molar-refractivity contribution >= 4 is 86.8 Å². The summed E-state index contributed by atoms with van der Waals surface area (Å²) in [4.78, 5) is 33.4. The van der Waals surface area contributed by atoms with E-state index in [1.807, 2.05) is 0 Å². The minimum atomic E-state index is -5.30. The Hall–Kier alpha value is -8.11. The number of carbonyl (C=O) groups is 1. The number of primary amides is 1. The molecule has 0 saturated carbocycles. The van der Waals surface area contributed by atoms with Crippen LogP contribution < -0.4 is 25.5 Å². The number of nitrogens with two attached hydrogens (primary N) is 1. The lowest BCUT2D eigenvalue weighted by molar-refractivity contribution is -0.385. The fourth-order valence-corrected chi connectivity index (χ4v) is 7.95. The quantitative estimate of drug-likeness (QED) is 0.0234. The number of amides is 1. The highest BCUT2D eigenvalue weighted by molar-refractivity contribution is 7.86. The number of nitro groups is 1. The Morgan fingerprint density at radius 3 is 1.77 bits per heavy atom. The number of phenols is 1. The molecule has 6 aromatic rings. The van der Waals surface area contributed by atoms with Gasteiger partial charge in [-0.2, -0.15) is 25.3 Å². The van der Waals surface area contributed by atoms with Crippen molar-refractivity contribution in [3.05, 3.63) is 99.0 Å². The Kier molecular flexibility index (Phi) is 14.6. The summed E-state index contributed by atoms with van der Waals surface area (Å²) in [7, 11) is -14.0. The van der Waals surface area contributed by atoms with Crippen molar-refractivity contribution in [2.24, 2.45) is 36.4 Å². The van der Waals surface area contributed by atoms with Crippen molar-refractivity contribution in [1.82, 2.24) is 9.78 Å². The fraction of sp³-hybridized carbons (Fsp3) is 0.135. The van der Waals surface area contributed by atoms with E-state index in [1.54, 1.807) is 0 Å². The average Bonchev–Trinajstić information content (AvgIpc) is 3.63. The number of aliphatic hydroxyl groups is 2. The number of aromatic hydroxyl groups is 1. The molecule has 1 aromatic heterocycles. The Balaban J connectivity index is 1.44. The molecule has 6 rings (SSSR count). The molecule has 5 aromatic carbocycles. The first-order chi connectivity index (χ1) is 32.5. The number of benzene rings is 5. The first kappa shape index (κ1) is 50.3. The highest BCUT2D eigenvalue weighted by atomic mass is 32.2. The average molecular weight is 1020 g/mol. The Bertz CT molecular complexity index is 3560. The molecule has 0 aliphatic heterocycles. The molecule has 0 aliphatic carbocycles. The zero-order valence-electron chi connectivity index (χ0n) is 34.6. The van der Waals surface area contributed by atoms with Crippen molar-refractivity contribution in [2.45, 2.75) is 14.7 Å². The standard InChI is InChI=1S/C37H32N10O19S3/c1-64-21-4-7-24(30(15-21)68(58,59)60)39-41-25-16-28(66-11-9-49)26(17-27(25)65-10-8-48)42-43-32-31(69(61,62)63)13-18-12-19(2-5-22(18)35(32)50)46-37(52)34(33(45-46)36(38)51)44-40-23-6-3-20(47(53)54)14-29(23)67(55,56)57/h2-7,12-17,45,48-50H,8-11H2,1H3,(H2,38,51)(H,55,56,57)(H,58,59,60)(H,61,62,63). The number of nitrogens with zero attached hydrogens (tertiary/aromatic N) is 8. The number of carbonyl (C=O) groups excluding carboxylic acids is 1. The molecule has 362 valence electrons. The number of aromatic nitrogens is 2. The van der Waals surface area contributed by atoms with E-state index in [0.717, 1.165) is 54.6 Å². The molecule has 0 unspecified atom stereocenters. The molecule has 1 amide bonds. The van der Waals surface area contributed by atoms with Gasteiger partial charge in [-0.05, 0) is 47.9 Å². The van der Waals surface area contributed by atoms with Gasteiger partial charge in [-0.25, -0.2) is 4.68 Å². The van der Waals surface area contributed by atoms with Crippen molar-refractivity contribution in [2.75, 3.05) is 33.5 Å². The van der Waals surface area contributed by atoms with E-state index in [1.165, 1.54) is 19.2 Å². The number of phenolic OH excluding ortho intramolecular Hbond substituents is 1. The smallest absolute Gasteiger partial charge is 0.299 e. The van der Waals surface area contributed by atoms with Crippen LogP contribution in [0, 0.1) is 10.1 Å². The van der Waals surface area contributed by atoms with E-state index in [9.17, 15) is 73.9 Å². The SMILES string of the molecule is COc1ccc(N=Nc2cc(OCCO)c(N=Nc3c(S(=O)(=O)O)cc4cc(-n5[nH]c(C(N)=O)c(N=Nc6ccc([N+](=O)[O-])cc6S(=O)(=O)O)c5=O)ccc4c3O)cc2OCCO)c(S(=O)(=O)O)c1. The topological polar surface area (TPSA) is 450 Å². The van der Waals surface area contributed by atoms with Crippen LogP contribution in [-0.2, 0) is 30.4 Å². The van der Waals surface area contributed by atoms with Gasteiger partial charge in [0.05, 0.1) is 30.9 Å². The maximum atomic E-state index is 13.6. The van der Waals surface area contributed by atoms with Crippen molar-refractivity contribution in [3.63, 3.8) is 0 Å². The zero-order valence-corrected chi connectivity index (χ0v) is 37.1. The number of fused-ring (bicyclic) bond motifs is 1. The number of aliphatic hydroxyl groups excluding tert-OH is 2. The van der Waals surface area contributed by atoms with Crippen LogP contribution in [-0.4, -0.2) is 108 Å². The second-order valence-electron chi connectivity index (χ2n) is 13.5. The molecular weight excluding hydrogens is 985 g/mol. The number of H-pyrrole nitrogens is 1. The fourth-order valence-electron chi connectivity index (χ4n) is 6.02. The van der Waals surface area contributed by atoms with Gasteiger partial charge in [0.25, 0.3) is 47.5 Å². The lowest BCUT2D eigenvalue weighted by Gasteiger charge is -2.13. The van der Waals surface area contributed by atoms with Gasteiger partial charge in [-0.15, -0.1) is 30.7 Å². The van der Waals surface area contributed by atoms with Crippen LogP contribution >= 0.6 is 0 Å². The highest BCUT2D eigenvalue weighted by Crippen LogP contribution is 2.45. The van der Waals surface area contributed by atoms with Crippen molar-refractivity contribution in [3.8, 4) is 28.7 Å². The van der Waals surface area contributed by atoms with E-state index in [4.69, 9.17) is 19.9 Å². The van der Waals surface area contributed by atoms with Gasteiger partial charge in [0.1, 0.15) is 73.6 Å². The number of ether oxygens (including phenoxy) is 3. The van der Waals surface area contributed by atoms with E-state index < -0.39 is 109 Å². The van der Waals surface area contributed by atoms with Crippen LogP contribution in [0.3, 0.4) is 0 Å². The summed E-state index contributed by atoms with van der Waals surface area (Å²) in [5.74, 6) is -2.62. The third kappa shape index (κ3) is 11.2. The maximum absolute atomic E-state index is 13.6. The number of rotatable bonds is 19. The van der Waals surface area contributed by atoms with Gasteiger partial charge in [-0.3, -0.25) is 38.5 Å². The molecule has 29 nitrogen and oxygen atoms in total. The van der Waals surface area contributed by atoms with Crippen LogP contribution in [0.25, 0.3) is 16.5 Å². The maximum Gasteiger partial charge on any atom is 0.299 e. The Morgan fingerprint density at radius 2 is 1.23 bits per heavy atom. The number of azo groups is 3. The van der Waals surface area contributed by atoms with Gasteiger partial charge < -0.3 is 35.3 Å². The molecule has 0 atom stereocenters. The van der Waals surface area contributed by atoms with Crippen LogP contribution in [0.5, 0.6) is 23.0 Å². The molecular formula is C37H32N10O19S3. The number of aromatic amines is 1. The number of nitrogens with one attached hydrogen (secondary N) is 1. The minimum absolute atomic E-state index is 0.0548. The number of methoxy groups -OCH3 is 1. The predicted molar refractivity (Wildman–Crippen MR) is 234 cm³/mol. The molecule has 0 fully saturated rings. The summed E-state index contributed by atoms with van der Waals surface area (Å²) in [6, 6.07) is 12.0. The van der Waals surface area contributed by atoms with Gasteiger partial charge >= 0.3 is 0 Å². The second-order valence-corrected chi connectivity index (χ2v) is 17.7. The lowest BCUT2D eigenvalue weighted by atomic mass is 10.1. The predicted octanol–water partition coefficient (Wildman–Crippen LogP) is 4.77. The zero-order chi connectivity index (χ0) is 50.6. The molecule has 0 aliphatic rings. The van der Waals surface area contributed by atoms with E-state index in [0.29, 0.717) is 10.7 Å². The largest absolute Gasteiger partial charge is 0.505 e. The van der Waals surface area contributed by atoms with Crippen molar-refractivity contribution in [1.29, 1.82) is 0 Å². The van der Waals surface area contributed by atoms with E-state index in [2.05, 4.69) is 35.8 Å². The second kappa shape index (κ2) is 20.0. The summed E-state index contributed by atoms with van der Waals surface area (Å²) in [5, 5.41) is 66.6.